The van der Waals surface area contributed by atoms with Crippen molar-refractivity contribution in [3.8, 4) is 23.3 Å². The summed E-state index contributed by atoms with van der Waals surface area (Å²) in [5.74, 6) is 8.92. The van der Waals surface area contributed by atoms with Gasteiger partial charge in [-0.1, -0.05) is 107 Å². The van der Waals surface area contributed by atoms with Crippen LogP contribution >= 0.6 is 21.6 Å². The number of dihydropyridines is 1. The van der Waals surface area contributed by atoms with E-state index in [0.717, 1.165) is 60.1 Å². The minimum atomic E-state index is -1.05. The highest BCUT2D eigenvalue weighted by Crippen LogP contribution is 2.59. The molecule has 10 N–H and O–H groups in total. The number of phenols is 1. The molecular weight excluding hydrogens is 903 g/mol. The van der Waals surface area contributed by atoms with Gasteiger partial charge in [-0.15, -0.1) is 0 Å². The lowest BCUT2D eigenvalue weighted by Gasteiger charge is -2.53. The zero-order valence-electron chi connectivity index (χ0n) is 39.8. The van der Waals surface area contributed by atoms with Gasteiger partial charge in [-0.25, -0.2) is 0 Å². The summed E-state index contributed by atoms with van der Waals surface area (Å²) in [5, 5.41) is 74.0. The van der Waals surface area contributed by atoms with Crippen molar-refractivity contribution in [2.24, 2.45) is 58.5 Å². The van der Waals surface area contributed by atoms with E-state index in [9.17, 15) is 30.6 Å². The largest absolute Gasteiger partial charge is 0.504 e. The first-order valence-corrected chi connectivity index (χ1v) is 28.1. The Morgan fingerprint density at radius 2 is 1.80 bits per heavy atom. The highest BCUT2D eigenvalue weighted by molar-refractivity contribution is 8.76. The van der Waals surface area contributed by atoms with Crippen LogP contribution in [0.25, 0.3) is 0 Å². The Morgan fingerprint density at radius 3 is 2.58 bits per heavy atom. The third kappa shape index (κ3) is 9.59. The molecule has 7 aliphatic rings. The lowest BCUT2D eigenvalue weighted by Crippen LogP contribution is -2.49. The number of aromatic amines is 1. The maximum Gasteiger partial charge on any atom is 0.161 e. The van der Waals surface area contributed by atoms with E-state index in [1.807, 2.05) is 24.4 Å². The van der Waals surface area contributed by atoms with Crippen molar-refractivity contribution in [2.45, 2.75) is 107 Å². The Hall–Kier alpha value is -4.06. The van der Waals surface area contributed by atoms with Gasteiger partial charge in [0.15, 0.2) is 11.5 Å². The van der Waals surface area contributed by atoms with Crippen molar-refractivity contribution in [1.29, 1.82) is 0 Å². The summed E-state index contributed by atoms with van der Waals surface area (Å²) in [6.45, 7) is 2.63. The molecule has 1 aromatic heterocycles. The first kappa shape index (κ1) is 48.6. The van der Waals surface area contributed by atoms with Crippen LogP contribution in [0.4, 0.5) is 0 Å². The van der Waals surface area contributed by atoms with E-state index in [-0.39, 0.29) is 60.2 Å². The predicted octanol–water partition coefficient (Wildman–Crippen LogP) is 7.89. The Kier molecular flexibility index (Phi) is 14.7. The molecule has 10 nitrogen and oxygen atoms in total. The lowest BCUT2D eigenvalue weighted by atomic mass is 9.50. The number of aliphatic hydroxyl groups excluding tert-OH is 5. The zero-order chi connectivity index (χ0) is 47.8. The van der Waals surface area contributed by atoms with Crippen molar-refractivity contribution in [3.05, 3.63) is 130 Å². The number of hydrogen-bond donors (Lipinski definition) is 9. The Morgan fingerprint density at radius 1 is 0.942 bits per heavy atom. The molecule has 10 rings (SSSR count). The summed E-state index contributed by atoms with van der Waals surface area (Å²) in [6.07, 6.45) is 14.7. The number of phenolic OH excluding ortho intramolecular Hbond substituents is 1. The van der Waals surface area contributed by atoms with Crippen molar-refractivity contribution in [1.82, 2.24) is 10.3 Å². The van der Waals surface area contributed by atoms with E-state index in [1.165, 1.54) is 11.1 Å². The molecule has 2 bridgehead atoms. The molecule has 0 unspecified atom stereocenters. The number of aliphatic hydroxyl groups is 5. The number of fused-ring (bicyclic) bond motifs is 6. The third-order valence-corrected chi connectivity index (χ3v) is 19.8. The molecule has 1 spiro atoms. The second-order valence-corrected chi connectivity index (χ2v) is 23.7. The molecule has 3 heterocycles. The van der Waals surface area contributed by atoms with Crippen LogP contribution in [-0.2, 0) is 12.8 Å². The van der Waals surface area contributed by atoms with Gasteiger partial charge in [-0.05, 0) is 134 Å². The van der Waals surface area contributed by atoms with Gasteiger partial charge in [-0.3, -0.25) is 0 Å². The Balaban J connectivity index is 1.03. The van der Waals surface area contributed by atoms with Crippen LogP contribution in [0.2, 0.25) is 0 Å². The minimum Gasteiger partial charge on any atom is -0.504 e. The quantitative estimate of drug-likeness (QED) is 0.0608. The first-order valence-electron chi connectivity index (χ1n) is 25.6. The van der Waals surface area contributed by atoms with Gasteiger partial charge in [0.05, 0.1) is 18.3 Å². The topological polar surface area (TPSA) is 184 Å². The zero-order valence-corrected chi connectivity index (χ0v) is 41.4. The summed E-state index contributed by atoms with van der Waals surface area (Å²) in [4.78, 5) is 3.37. The van der Waals surface area contributed by atoms with Crippen LogP contribution in [0.1, 0.15) is 92.5 Å². The van der Waals surface area contributed by atoms with E-state index in [1.54, 1.807) is 21.6 Å². The summed E-state index contributed by atoms with van der Waals surface area (Å²) < 4.78 is 6.94. The van der Waals surface area contributed by atoms with Gasteiger partial charge < -0.3 is 51.4 Å². The molecule has 1 saturated carbocycles. The molecule has 1 saturated heterocycles. The Labute approximate surface area is 415 Å². The first-order chi connectivity index (χ1) is 33.6. The second-order valence-electron chi connectivity index (χ2n) is 21.2. The van der Waals surface area contributed by atoms with E-state index >= 15 is 0 Å². The molecule has 69 heavy (non-hydrogen) atoms. The average Bonchev–Trinajstić information content (AvgIpc) is 3.81. The standard InChI is InChI=1S/C57H71N3O7S2/c1-2-33-20-37-24-50(64)52(67-53-25-38(22-42-11-7-18-59-42)43-16-19-60-56(58)47(43)32-69-68-31-40(29-61)55(53)66)27-45(37)46-26-51(65)54-36(23-44(33)46)15-17-57-28-39(34-8-4-3-5-9-34)21-35(48(57)30-62)13-14-41(57)10-6-12-49(54)63/h3-5,7-9,11,13-14,16,18,23-24,27,33,35-36,38-41,46,48-49,51,53-55,59-66H,2,6,10,12,19-22,25-26,28-32,58H2,1H3/t33-,35-,36-,38+,39-,40-,41-,46-,48-,49-,51+,53-,54+,55-,57-/m0/s1. The van der Waals surface area contributed by atoms with Crippen LogP contribution in [0.3, 0.4) is 0 Å². The summed E-state index contributed by atoms with van der Waals surface area (Å²) in [7, 11) is 3.27. The van der Waals surface area contributed by atoms with Gasteiger partial charge in [0.2, 0.25) is 0 Å². The van der Waals surface area contributed by atoms with Crippen LogP contribution in [-0.4, -0.2) is 91.3 Å². The van der Waals surface area contributed by atoms with Crippen LogP contribution in [0.5, 0.6) is 11.5 Å². The number of benzene rings is 2. The fourth-order valence-electron chi connectivity index (χ4n) is 13.8. The molecule has 2 aromatic carbocycles. The monoisotopic (exact) mass is 973 g/mol. The number of nitrogens with two attached hydrogens (primary N) is 1. The smallest absolute Gasteiger partial charge is 0.161 e. The summed E-state index contributed by atoms with van der Waals surface area (Å²) >= 11 is 0. The minimum absolute atomic E-state index is 0.00614. The fraction of sp³-hybridized carbons (Fsp3) is 0.544. The number of H-pyrrole nitrogens is 1. The van der Waals surface area contributed by atoms with Crippen molar-refractivity contribution in [2.75, 3.05) is 31.3 Å². The van der Waals surface area contributed by atoms with E-state index in [4.69, 9.17) is 10.5 Å². The Bertz CT molecular complexity index is 2480. The average molecular weight is 974 g/mol. The maximum atomic E-state index is 12.5. The van der Waals surface area contributed by atoms with Crippen LogP contribution in [0.15, 0.2) is 108 Å². The van der Waals surface area contributed by atoms with Gasteiger partial charge in [-0.2, -0.15) is 0 Å². The molecule has 0 amide bonds. The predicted molar refractivity (Wildman–Crippen MR) is 275 cm³/mol. The number of ether oxygens (including phenoxy) is 1. The van der Waals surface area contributed by atoms with E-state index < -0.39 is 47.6 Å². The highest BCUT2D eigenvalue weighted by Gasteiger charge is 2.54. The molecular formula is C57H71N3O7S2. The number of rotatable bonds is 8. The van der Waals surface area contributed by atoms with Crippen LogP contribution in [0, 0.1) is 64.6 Å². The van der Waals surface area contributed by atoms with E-state index in [2.05, 4.69) is 89.8 Å². The number of hydrogen-bond acceptors (Lipinski definition) is 11. The maximum absolute atomic E-state index is 12.5. The van der Waals surface area contributed by atoms with Crippen LogP contribution < -0.4 is 15.8 Å². The van der Waals surface area contributed by atoms with Crippen molar-refractivity contribution >= 4 is 21.6 Å². The van der Waals surface area contributed by atoms with Gasteiger partial charge in [0.25, 0.3) is 0 Å². The molecule has 5 aliphatic carbocycles. The molecule has 0 radical (unpaired) electrons. The fourth-order valence-corrected chi connectivity index (χ4v) is 16.3. The highest BCUT2D eigenvalue weighted by atomic mass is 33.1. The number of aromatic hydroxyl groups is 1. The normalized spacial score (nSPS) is 36.7. The van der Waals surface area contributed by atoms with Gasteiger partial charge in [0.1, 0.15) is 11.9 Å². The molecule has 3 aromatic rings. The molecule has 15 atom stereocenters. The SMILES string of the molecule is CC[C@H]1Cc2cc(O)c(O[C@H]3C[C@@H](Cc4ccc[nH]4)C4=CCNC(N)=C4CSSC[C@H](CO)[C@@H]3O)cc2[C@H]2C[C@@H](O)[C@@H]3[C@@H](C#C[C@]45C[C@@H](c6ccccc6)C[C@H](C=C[C@@H]4CCC[C@@H]3O)[C@@H]5CO)C=C12. The number of aromatic nitrogens is 1. The summed E-state index contributed by atoms with van der Waals surface area (Å²) in [6, 6.07) is 18.6. The molecule has 2 fully saturated rings. The van der Waals surface area contributed by atoms with Gasteiger partial charge in [0, 0.05) is 83.7 Å². The molecule has 2 aliphatic heterocycles. The van der Waals surface area contributed by atoms with Gasteiger partial charge >= 0.3 is 0 Å². The molecule has 368 valence electrons. The lowest BCUT2D eigenvalue weighted by molar-refractivity contribution is -0.0215. The molecule has 12 heteroatoms. The third-order valence-electron chi connectivity index (χ3n) is 17.4. The number of allylic oxidation sites excluding steroid dienone is 5. The number of nitrogens with one attached hydrogen (secondary N) is 2. The van der Waals surface area contributed by atoms with Crippen molar-refractivity contribution < 1.29 is 35.4 Å². The van der Waals surface area contributed by atoms with Crippen molar-refractivity contribution in [3.63, 3.8) is 0 Å². The second kappa shape index (κ2) is 21.0. The summed E-state index contributed by atoms with van der Waals surface area (Å²) in [5.41, 5.74) is 13.9. The van der Waals surface area contributed by atoms with E-state index in [0.29, 0.717) is 61.9 Å².